The Labute approximate surface area is 586 Å². The largest absolute Gasteiger partial charge is 0.460 e. The summed E-state index contributed by atoms with van der Waals surface area (Å²) in [5.41, 5.74) is 20.2. The van der Waals surface area contributed by atoms with Crippen LogP contribution in [0.1, 0.15) is 131 Å². The van der Waals surface area contributed by atoms with E-state index in [-0.39, 0.29) is 66.0 Å². The van der Waals surface area contributed by atoms with Crippen molar-refractivity contribution in [2.75, 3.05) is 67.1 Å². The number of pyridine rings is 4. The molecule has 0 aliphatic carbocycles. The highest BCUT2D eigenvalue weighted by atomic mass is 79.9. The molecule has 0 amide bonds. The van der Waals surface area contributed by atoms with Crippen LogP contribution in [0, 0.1) is 80.8 Å². The maximum atomic E-state index is 12.3. The molecular formula is C68H85BrCl2N22O4. The lowest BCUT2D eigenvalue weighted by Gasteiger charge is -2.38. The van der Waals surface area contributed by atoms with Crippen molar-refractivity contribution in [1.82, 2.24) is 65.1 Å². The standard InChI is InChI=1S/C20H25N5O2.2C14H16N6.C12H23NO2.C8H3BrN4.2ClH/c1-13-7-14(8-17(26)27-20(2,3)4)12-25(11-13)16-10-24-15(9-21)18-19(16)23-6-5-22-18;2*1-9-4-10(16)8-20(7-9)12-6-19-11(5-15)13-14(12)18-3-2-17-13;1-9-5-10(8-13-7-9)6-11(14)15-12(2,3)4;9-5-4-13-6(3-10)8-7(5)11-1-2-12-8;;/h5-6,10,13-14H,7-8,11-12H2,1-4H3;2*2-3,6,9-10H,4,7-8,16H2,1H3;9-10,13H,5-8H2,1-4H3;1-2,4H;2*1H/t13-,14-;2*9-,10+;9-,10-;;;/m0000.../s1. The molecule has 12 rings (SSSR count). The third kappa shape index (κ3) is 21.6. The average molecular weight is 1430 g/mol. The molecule has 8 aromatic rings. The molecule has 0 radical (unpaired) electrons. The minimum Gasteiger partial charge on any atom is -0.460 e. The number of rotatable bonds is 7. The van der Waals surface area contributed by atoms with Crippen LogP contribution in [0.25, 0.3) is 44.1 Å². The number of carbonyl (C=O) groups is 2. The summed E-state index contributed by atoms with van der Waals surface area (Å²) in [5.74, 6) is 2.57. The Hall–Kier alpha value is -8.80. The zero-order valence-electron chi connectivity index (χ0n) is 56.4. The van der Waals surface area contributed by atoms with E-state index >= 15 is 0 Å². The van der Waals surface area contributed by atoms with Gasteiger partial charge >= 0.3 is 11.9 Å². The van der Waals surface area contributed by atoms with E-state index < -0.39 is 5.60 Å². The normalized spacial score (nSPS) is 20.6. The molecule has 0 spiro atoms. The minimum atomic E-state index is -0.472. The number of carbonyl (C=O) groups excluding carboxylic acids is 2. The number of hydrogen-bond acceptors (Lipinski definition) is 26. The Morgan fingerprint density at radius 2 is 0.763 bits per heavy atom. The smallest absolute Gasteiger partial charge is 0.306 e. The lowest BCUT2D eigenvalue weighted by molar-refractivity contribution is -0.157. The van der Waals surface area contributed by atoms with Gasteiger partial charge in [0.25, 0.3) is 0 Å². The van der Waals surface area contributed by atoms with Crippen LogP contribution >= 0.6 is 40.7 Å². The van der Waals surface area contributed by atoms with E-state index in [4.69, 9.17) is 36.7 Å². The van der Waals surface area contributed by atoms with Crippen molar-refractivity contribution in [3.8, 4) is 24.3 Å². The predicted molar refractivity (Wildman–Crippen MR) is 379 cm³/mol. The molecular weight excluding hydrogens is 1340 g/mol. The highest BCUT2D eigenvalue weighted by Crippen LogP contribution is 2.34. The summed E-state index contributed by atoms with van der Waals surface area (Å²) < 4.78 is 11.5. The number of nitrogens with two attached hydrogens (primary N) is 2. The van der Waals surface area contributed by atoms with Crippen LogP contribution in [0.3, 0.4) is 0 Å². The lowest BCUT2D eigenvalue weighted by Crippen LogP contribution is -2.46. The van der Waals surface area contributed by atoms with E-state index in [1.165, 1.54) is 6.20 Å². The molecule has 4 saturated heterocycles. The Bertz CT molecular complexity index is 4030. The van der Waals surface area contributed by atoms with Gasteiger partial charge in [-0.25, -0.2) is 39.9 Å². The first-order valence-corrected chi connectivity index (χ1v) is 32.7. The summed E-state index contributed by atoms with van der Waals surface area (Å²) in [6, 6.07) is 8.46. The van der Waals surface area contributed by atoms with Crippen molar-refractivity contribution in [2.45, 2.75) is 131 Å². The molecule has 5 N–H and O–H groups in total. The number of anilines is 3. The van der Waals surface area contributed by atoms with E-state index in [2.05, 4.69) is 142 Å². The van der Waals surface area contributed by atoms with Gasteiger partial charge in [0.15, 0.2) is 22.8 Å². The summed E-state index contributed by atoms with van der Waals surface area (Å²) in [4.78, 5) is 81.1. The van der Waals surface area contributed by atoms with Crippen LogP contribution in [0.2, 0.25) is 0 Å². The van der Waals surface area contributed by atoms with Crippen molar-refractivity contribution in [2.24, 2.45) is 47.0 Å². The van der Waals surface area contributed by atoms with Crippen LogP contribution < -0.4 is 31.5 Å². The van der Waals surface area contributed by atoms with Crippen LogP contribution in [0.4, 0.5) is 17.1 Å². The van der Waals surface area contributed by atoms with E-state index in [0.717, 1.165) is 111 Å². The van der Waals surface area contributed by atoms with E-state index in [9.17, 15) is 14.9 Å². The topological polar surface area (TPSA) is 376 Å². The molecule has 512 valence electrons. The lowest BCUT2D eigenvalue weighted by atomic mass is 9.88. The summed E-state index contributed by atoms with van der Waals surface area (Å²) in [5, 5.41) is 39.6. The maximum absolute atomic E-state index is 12.3. The van der Waals surface area contributed by atoms with Gasteiger partial charge in [0.1, 0.15) is 79.6 Å². The average Bonchev–Trinajstić information content (AvgIpc) is 0.806. The van der Waals surface area contributed by atoms with Crippen molar-refractivity contribution >= 4 is 114 Å². The molecule has 26 nitrogen and oxygen atoms in total. The number of ether oxygens (including phenoxy) is 2. The number of piperidine rings is 4. The second-order valence-electron chi connectivity index (χ2n) is 27.0. The number of nitrogens with one attached hydrogen (secondary N) is 1. The monoisotopic (exact) mass is 1420 g/mol. The fourth-order valence-electron chi connectivity index (χ4n) is 12.5. The molecule has 4 aliphatic rings. The predicted octanol–water partition coefficient (Wildman–Crippen LogP) is 9.70. The van der Waals surface area contributed by atoms with Crippen LogP contribution in [-0.2, 0) is 19.1 Å². The van der Waals surface area contributed by atoms with Crippen molar-refractivity contribution in [3.05, 3.63) is 102 Å². The van der Waals surface area contributed by atoms with Crippen molar-refractivity contribution in [3.63, 3.8) is 0 Å². The van der Waals surface area contributed by atoms with Gasteiger partial charge in [0, 0.05) is 114 Å². The summed E-state index contributed by atoms with van der Waals surface area (Å²) >= 11 is 3.29. The van der Waals surface area contributed by atoms with Gasteiger partial charge in [-0.05, 0) is 132 Å². The van der Waals surface area contributed by atoms with Gasteiger partial charge in [0.05, 0.1) is 46.5 Å². The quantitative estimate of drug-likeness (QED) is 0.125. The summed E-state index contributed by atoms with van der Waals surface area (Å²) in [6.07, 6.45) is 24.5. The molecule has 0 unspecified atom stereocenters. The van der Waals surface area contributed by atoms with E-state index in [0.29, 0.717) is 92.6 Å². The SMILES string of the molecule is C[C@@H]1CNC[C@H](CC(=O)OC(C)(C)C)C1.C[C@H]1C[C@@H](CC(=O)OC(C)(C)C)CN(c2cnc(C#N)c3nccnc23)C1.C[C@H]1C[C@@H](N)CN(c2cnc(C#N)c3nccnc23)C1.C[C@H]1C[C@@H](N)CN(c2cnc(C#N)c3nccnc23)C1.Cl.Cl.N#Cc1ncc(Br)c2nccnc12. The molecule has 0 aromatic carbocycles. The number of esters is 2. The molecule has 4 aliphatic heterocycles. The molecule has 8 aromatic heterocycles. The third-order valence-electron chi connectivity index (χ3n) is 15.9. The van der Waals surface area contributed by atoms with Crippen LogP contribution in [-0.4, -0.2) is 147 Å². The van der Waals surface area contributed by atoms with Crippen molar-refractivity contribution in [1.29, 1.82) is 21.0 Å². The van der Waals surface area contributed by atoms with Gasteiger partial charge in [-0.2, -0.15) is 21.0 Å². The zero-order chi connectivity index (χ0) is 68.6. The Morgan fingerprint density at radius 3 is 1.11 bits per heavy atom. The number of hydrogen-bond donors (Lipinski definition) is 3. The van der Waals surface area contributed by atoms with Crippen LogP contribution in [0.5, 0.6) is 0 Å². The molecule has 0 saturated carbocycles. The Morgan fingerprint density at radius 1 is 0.454 bits per heavy atom. The van der Waals surface area contributed by atoms with Gasteiger partial charge in [-0.1, -0.05) is 27.7 Å². The Balaban J connectivity index is 0.000000195. The molecule has 97 heavy (non-hydrogen) atoms. The first-order valence-electron chi connectivity index (χ1n) is 31.9. The fourth-order valence-corrected chi connectivity index (χ4v) is 12.9. The molecule has 0 bridgehead atoms. The number of fused-ring (bicyclic) bond motifs is 4. The highest BCUT2D eigenvalue weighted by molar-refractivity contribution is 9.10. The number of nitriles is 4. The van der Waals surface area contributed by atoms with Gasteiger partial charge in [0.2, 0.25) is 0 Å². The second-order valence-corrected chi connectivity index (χ2v) is 27.8. The molecule has 4 fully saturated rings. The molecule has 29 heteroatoms. The zero-order valence-corrected chi connectivity index (χ0v) is 59.6. The second kappa shape index (κ2) is 35.4. The van der Waals surface area contributed by atoms with Gasteiger partial charge in [-0.15, -0.1) is 24.8 Å². The van der Waals surface area contributed by atoms with Crippen molar-refractivity contribution < 1.29 is 19.1 Å². The van der Waals surface area contributed by atoms with E-state index in [1.807, 2.05) is 47.6 Å². The fraction of sp³-hybridized carbons (Fsp3) is 0.500. The number of halogens is 3. The minimum absolute atomic E-state index is 0. The summed E-state index contributed by atoms with van der Waals surface area (Å²) in [6.45, 7) is 27.2. The van der Waals surface area contributed by atoms with Crippen LogP contribution in [0.15, 0.2) is 78.8 Å². The maximum Gasteiger partial charge on any atom is 0.306 e. The number of aromatic nitrogens is 12. The van der Waals surface area contributed by atoms with Gasteiger partial charge in [-0.3, -0.25) is 29.5 Å². The molecule has 12 heterocycles. The van der Waals surface area contributed by atoms with E-state index in [1.54, 1.807) is 68.2 Å². The highest BCUT2D eigenvalue weighted by Gasteiger charge is 2.32. The first kappa shape index (κ1) is 77.2. The third-order valence-corrected chi connectivity index (χ3v) is 16.5. The Kier molecular flexibility index (Phi) is 28.2. The first-order chi connectivity index (χ1) is 45.3. The molecule has 8 atom stereocenters. The summed E-state index contributed by atoms with van der Waals surface area (Å²) in [7, 11) is 0. The van der Waals surface area contributed by atoms with Gasteiger partial charge < -0.3 is 41.0 Å². The number of nitrogens with zero attached hydrogens (tertiary/aromatic N) is 19.